The fourth-order valence-corrected chi connectivity index (χ4v) is 3.42. The minimum atomic E-state index is -0.804. The van der Waals surface area contributed by atoms with E-state index < -0.39 is 11.4 Å². The second-order valence-corrected chi connectivity index (χ2v) is 6.49. The van der Waals surface area contributed by atoms with Gasteiger partial charge in [-0.05, 0) is 51.6 Å². The van der Waals surface area contributed by atoms with Crippen LogP contribution in [0.1, 0.15) is 51.9 Å². The highest BCUT2D eigenvalue weighted by Crippen LogP contribution is 2.36. The van der Waals surface area contributed by atoms with Crippen molar-refractivity contribution in [3.63, 3.8) is 0 Å². The van der Waals surface area contributed by atoms with Gasteiger partial charge in [0.15, 0.2) is 0 Å². The predicted octanol–water partition coefficient (Wildman–Crippen LogP) is 1.53. The number of carbonyl (C=O) groups is 2. The monoisotopic (exact) mass is 282 g/mol. The molecule has 2 aliphatic rings. The quantitative estimate of drug-likeness (QED) is 0.730. The first-order chi connectivity index (χ1) is 9.52. The van der Waals surface area contributed by atoms with Crippen LogP contribution in [0.15, 0.2) is 0 Å². The van der Waals surface area contributed by atoms with Crippen LogP contribution in [0.3, 0.4) is 0 Å². The average molecular weight is 282 g/mol. The highest BCUT2D eigenvalue weighted by molar-refractivity contribution is 5.80. The van der Waals surface area contributed by atoms with Gasteiger partial charge in [0, 0.05) is 12.5 Å². The van der Waals surface area contributed by atoms with Gasteiger partial charge in [-0.2, -0.15) is 0 Å². The topological polar surface area (TPSA) is 78.4 Å². The predicted molar refractivity (Wildman–Crippen MR) is 76.4 cm³/mol. The summed E-state index contributed by atoms with van der Waals surface area (Å²) in [6, 6.07) is -0.219. The van der Waals surface area contributed by atoms with Gasteiger partial charge in [0.2, 0.25) is 5.91 Å². The van der Waals surface area contributed by atoms with Crippen molar-refractivity contribution < 1.29 is 14.7 Å². The lowest BCUT2D eigenvalue weighted by Crippen LogP contribution is -2.52. The van der Waals surface area contributed by atoms with Gasteiger partial charge in [-0.25, -0.2) is 0 Å². The Balaban J connectivity index is 1.89. The lowest BCUT2D eigenvalue weighted by molar-refractivity contribution is -0.152. The molecule has 0 aromatic carbocycles. The Morgan fingerprint density at radius 2 is 1.95 bits per heavy atom. The van der Waals surface area contributed by atoms with E-state index in [0.29, 0.717) is 18.8 Å². The van der Waals surface area contributed by atoms with Crippen molar-refractivity contribution in [1.29, 1.82) is 0 Å². The molecule has 0 aromatic rings. The molecule has 114 valence electrons. The molecule has 0 bridgehead atoms. The van der Waals surface area contributed by atoms with Crippen LogP contribution in [-0.2, 0) is 9.59 Å². The van der Waals surface area contributed by atoms with Crippen LogP contribution in [0.5, 0.6) is 0 Å². The van der Waals surface area contributed by atoms with Gasteiger partial charge in [-0.3, -0.25) is 9.59 Å². The third-order valence-electron chi connectivity index (χ3n) is 4.96. The summed E-state index contributed by atoms with van der Waals surface area (Å²) in [6.07, 6.45) is 5.97. The summed E-state index contributed by atoms with van der Waals surface area (Å²) < 4.78 is 0. The minimum Gasteiger partial charge on any atom is -0.481 e. The van der Waals surface area contributed by atoms with Gasteiger partial charge in [0.1, 0.15) is 0 Å². The van der Waals surface area contributed by atoms with Crippen molar-refractivity contribution >= 4 is 11.9 Å². The van der Waals surface area contributed by atoms with E-state index >= 15 is 0 Å². The largest absolute Gasteiger partial charge is 0.481 e. The van der Waals surface area contributed by atoms with Crippen molar-refractivity contribution in [3.8, 4) is 0 Å². The molecule has 20 heavy (non-hydrogen) atoms. The number of aliphatic carboxylic acids is 1. The molecule has 1 heterocycles. The smallest absolute Gasteiger partial charge is 0.311 e. The molecule has 0 aromatic heterocycles. The number of hydrogen-bond donors (Lipinski definition) is 3. The third kappa shape index (κ3) is 3.51. The molecule has 1 saturated carbocycles. The van der Waals surface area contributed by atoms with Crippen LogP contribution in [0, 0.1) is 11.3 Å². The Labute approximate surface area is 120 Å². The zero-order valence-corrected chi connectivity index (χ0v) is 12.3. The van der Waals surface area contributed by atoms with E-state index in [4.69, 9.17) is 0 Å². The lowest BCUT2D eigenvalue weighted by atomic mass is 9.71. The number of amides is 1. The molecule has 3 N–H and O–H groups in total. The van der Waals surface area contributed by atoms with E-state index in [0.717, 1.165) is 45.2 Å². The molecule has 2 fully saturated rings. The number of nitrogens with one attached hydrogen (secondary N) is 2. The number of piperidine rings is 1. The normalized spacial score (nSPS) is 31.8. The molecule has 0 spiro atoms. The van der Waals surface area contributed by atoms with E-state index in [9.17, 15) is 14.7 Å². The summed E-state index contributed by atoms with van der Waals surface area (Å²) in [7, 11) is 0. The average Bonchev–Trinajstić information content (AvgIpc) is 2.42. The molecule has 5 nitrogen and oxygen atoms in total. The molecule has 2 rings (SSSR count). The molecular weight excluding hydrogens is 256 g/mol. The Hall–Kier alpha value is -1.10. The van der Waals surface area contributed by atoms with E-state index in [1.54, 1.807) is 6.92 Å². The Bertz CT molecular complexity index is 366. The number of carboxylic acids is 1. The summed E-state index contributed by atoms with van der Waals surface area (Å²) in [6.45, 7) is 3.73. The van der Waals surface area contributed by atoms with Crippen molar-refractivity contribution in [2.75, 3.05) is 13.1 Å². The van der Waals surface area contributed by atoms with E-state index in [1.807, 2.05) is 0 Å². The molecule has 1 amide bonds. The van der Waals surface area contributed by atoms with E-state index in [1.165, 1.54) is 0 Å². The fraction of sp³-hybridized carbons (Fsp3) is 0.867. The number of hydrogen-bond acceptors (Lipinski definition) is 3. The molecule has 2 atom stereocenters. The van der Waals surface area contributed by atoms with Crippen molar-refractivity contribution in [1.82, 2.24) is 10.6 Å². The maximum absolute atomic E-state index is 12.2. The van der Waals surface area contributed by atoms with Gasteiger partial charge >= 0.3 is 5.97 Å². The first-order valence-electron chi connectivity index (χ1n) is 7.76. The minimum absolute atomic E-state index is 0.0243. The van der Waals surface area contributed by atoms with Gasteiger partial charge in [0.25, 0.3) is 0 Å². The van der Waals surface area contributed by atoms with Crippen LogP contribution < -0.4 is 10.6 Å². The molecule has 1 saturated heterocycles. The summed E-state index contributed by atoms with van der Waals surface area (Å²) in [5.41, 5.74) is -0.804. The Morgan fingerprint density at radius 3 is 2.60 bits per heavy atom. The summed E-state index contributed by atoms with van der Waals surface area (Å²) in [4.78, 5) is 23.7. The van der Waals surface area contributed by atoms with Crippen LogP contribution >= 0.6 is 0 Å². The number of carbonyl (C=O) groups excluding carboxylic acids is 1. The SMILES string of the molecule is CC1(C(=O)O)CCCCC1NC(=O)CC1CCNCC1. The van der Waals surface area contributed by atoms with Gasteiger partial charge in [-0.15, -0.1) is 0 Å². The van der Waals surface area contributed by atoms with Crippen LogP contribution in [0.25, 0.3) is 0 Å². The molecular formula is C15H26N2O3. The summed E-state index contributed by atoms with van der Waals surface area (Å²) in [5.74, 6) is -0.323. The summed E-state index contributed by atoms with van der Waals surface area (Å²) in [5, 5.41) is 15.7. The second kappa shape index (κ2) is 6.57. The maximum atomic E-state index is 12.2. The Kier molecular flexibility index (Phi) is 5.02. The van der Waals surface area contributed by atoms with Crippen LogP contribution in [0.2, 0.25) is 0 Å². The third-order valence-corrected chi connectivity index (χ3v) is 4.96. The molecule has 5 heteroatoms. The van der Waals surface area contributed by atoms with Gasteiger partial charge < -0.3 is 15.7 Å². The van der Waals surface area contributed by atoms with Crippen molar-refractivity contribution in [2.24, 2.45) is 11.3 Å². The van der Waals surface area contributed by atoms with Crippen LogP contribution in [0.4, 0.5) is 0 Å². The number of carboxylic acid groups (broad SMARTS) is 1. The van der Waals surface area contributed by atoms with Gasteiger partial charge in [0.05, 0.1) is 5.41 Å². The van der Waals surface area contributed by atoms with Crippen molar-refractivity contribution in [3.05, 3.63) is 0 Å². The zero-order chi connectivity index (χ0) is 14.6. The lowest BCUT2D eigenvalue weighted by Gasteiger charge is -2.38. The maximum Gasteiger partial charge on any atom is 0.311 e. The number of rotatable bonds is 4. The van der Waals surface area contributed by atoms with E-state index in [-0.39, 0.29) is 11.9 Å². The van der Waals surface area contributed by atoms with Crippen molar-refractivity contribution in [2.45, 2.75) is 57.9 Å². The van der Waals surface area contributed by atoms with E-state index in [2.05, 4.69) is 10.6 Å². The molecule has 1 aliphatic heterocycles. The Morgan fingerprint density at radius 1 is 1.25 bits per heavy atom. The summed E-state index contributed by atoms with van der Waals surface area (Å²) >= 11 is 0. The highest BCUT2D eigenvalue weighted by atomic mass is 16.4. The standard InChI is InChI=1S/C15H26N2O3/c1-15(14(19)20)7-3-2-4-12(15)17-13(18)10-11-5-8-16-9-6-11/h11-12,16H,2-10H2,1H3,(H,17,18)(H,19,20). The molecule has 0 radical (unpaired) electrons. The molecule has 2 unspecified atom stereocenters. The van der Waals surface area contributed by atoms with Gasteiger partial charge in [-0.1, -0.05) is 12.8 Å². The fourth-order valence-electron chi connectivity index (χ4n) is 3.42. The first-order valence-corrected chi connectivity index (χ1v) is 7.76. The first kappa shape index (κ1) is 15.3. The highest BCUT2D eigenvalue weighted by Gasteiger charge is 2.43. The van der Waals surface area contributed by atoms with Crippen LogP contribution in [-0.4, -0.2) is 36.1 Å². The zero-order valence-electron chi connectivity index (χ0n) is 12.3. The second-order valence-electron chi connectivity index (χ2n) is 6.49. The molecule has 1 aliphatic carbocycles.